The second-order valence-electron chi connectivity index (χ2n) is 5.39. The van der Waals surface area contributed by atoms with E-state index in [9.17, 15) is 0 Å². The van der Waals surface area contributed by atoms with Crippen LogP contribution in [0.5, 0.6) is 0 Å². The number of nitrogens with one attached hydrogen (secondary N) is 1. The van der Waals surface area contributed by atoms with Crippen molar-refractivity contribution in [2.75, 3.05) is 6.54 Å². The van der Waals surface area contributed by atoms with Crippen molar-refractivity contribution in [2.24, 2.45) is 0 Å². The first-order valence-electron chi connectivity index (χ1n) is 5.68. The molecule has 4 heteroatoms. The van der Waals surface area contributed by atoms with E-state index in [-0.39, 0.29) is 18.3 Å². The molecule has 0 aliphatic carbocycles. The zero-order chi connectivity index (χ0) is 11.1. The van der Waals surface area contributed by atoms with Gasteiger partial charge in [-0.05, 0) is 40.3 Å². The molecule has 0 aromatic rings. The molecule has 15 heavy (non-hydrogen) atoms. The summed E-state index contributed by atoms with van der Waals surface area (Å²) in [6, 6.07) is 0. The Hall–Kier alpha value is -0.475. The van der Waals surface area contributed by atoms with Gasteiger partial charge in [-0.15, -0.1) is 0 Å². The first-order valence-corrected chi connectivity index (χ1v) is 5.68. The van der Waals surface area contributed by atoms with E-state index in [1.807, 2.05) is 6.20 Å². The van der Waals surface area contributed by atoms with E-state index in [4.69, 9.17) is 9.31 Å². The fourth-order valence-electron chi connectivity index (χ4n) is 1.91. The maximum atomic E-state index is 6.00. The van der Waals surface area contributed by atoms with Crippen molar-refractivity contribution < 1.29 is 9.31 Å². The normalized spacial score (nSPS) is 32.8. The van der Waals surface area contributed by atoms with Gasteiger partial charge in [0, 0.05) is 12.4 Å². The summed E-state index contributed by atoms with van der Waals surface area (Å²) in [5, 5.41) is 3.19. The monoisotopic (exact) mass is 209 g/mol. The Morgan fingerprint density at radius 3 is 2.27 bits per heavy atom. The molecule has 1 N–H and O–H groups in total. The molecule has 84 valence electrons. The number of allylic oxidation sites excluding steroid dienone is 1. The molecule has 1 unspecified atom stereocenters. The molecular weight excluding hydrogens is 189 g/mol. The predicted octanol–water partition coefficient (Wildman–Crippen LogP) is 1.96. The highest BCUT2D eigenvalue weighted by molar-refractivity contribution is 6.48. The highest BCUT2D eigenvalue weighted by Crippen LogP contribution is 2.41. The summed E-state index contributed by atoms with van der Waals surface area (Å²) in [6.07, 6.45) is 5.22. The molecule has 3 nitrogen and oxygen atoms in total. The molecule has 0 amide bonds. The zero-order valence-electron chi connectivity index (χ0n) is 10.0. The van der Waals surface area contributed by atoms with Gasteiger partial charge in [-0.2, -0.15) is 0 Å². The summed E-state index contributed by atoms with van der Waals surface area (Å²) < 4.78 is 12.0. The molecule has 1 saturated heterocycles. The van der Waals surface area contributed by atoms with Crippen LogP contribution in [0.15, 0.2) is 12.3 Å². The van der Waals surface area contributed by atoms with Gasteiger partial charge in [-0.25, -0.2) is 0 Å². The fourth-order valence-corrected chi connectivity index (χ4v) is 1.91. The van der Waals surface area contributed by atoms with Gasteiger partial charge in [-0.3, -0.25) is 0 Å². The minimum absolute atomic E-state index is 0.0895. The molecule has 1 fully saturated rings. The van der Waals surface area contributed by atoms with Crippen molar-refractivity contribution in [1.82, 2.24) is 5.32 Å². The summed E-state index contributed by atoms with van der Waals surface area (Å²) in [5.74, 6) is 0.382. The summed E-state index contributed by atoms with van der Waals surface area (Å²) in [6.45, 7) is 9.39. The lowest BCUT2D eigenvalue weighted by Gasteiger charge is -2.32. The van der Waals surface area contributed by atoms with Crippen molar-refractivity contribution in [3.05, 3.63) is 12.3 Å². The highest BCUT2D eigenvalue weighted by atomic mass is 16.7. The van der Waals surface area contributed by atoms with Crippen LogP contribution < -0.4 is 5.32 Å². The van der Waals surface area contributed by atoms with E-state index >= 15 is 0 Å². The Bertz CT molecular complexity index is 260. The lowest BCUT2D eigenvalue weighted by atomic mass is 9.69. The third kappa shape index (κ3) is 1.93. The Kier molecular flexibility index (Phi) is 2.59. The molecule has 2 rings (SSSR count). The highest BCUT2D eigenvalue weighted by Gasteiger charge is 2.53. The minimum Gasteiger partial charge on any atom is -0.403 e. The van der Waals surface area contributed by atoms with E-state index < -0.39 is 0 Å². The zero-order valence-corrected chi connectivity index (χ0v) is 10.0. The molecule has 1 atom stereocenters. The average Bonchev–Trinajstić information content (AvgIpc) is 2.38. The van der Waals surface area contributed by atoms with Crippen molar-refractivity contribution in [3.8, 4) is 0 Å². The van der Waals surface area contributed by atoms with Gasteiger partial charge in [0.2, 0.25) is 0 Å². The van der Waals surface area contributed by atoms with Gasteiger partial charge < -0.3 is 14.6 Å². The van der Waals surface area contributed by atoms with Crippen LogP contribution in [0, 0.1) is 0 Å². The molecule has 2 aliphatic heterocycles. The van der Waals surface area contributed by atoms with Crippen LogP contribution in [0.2, 0.25) is 5.82 Å². The second kappa shape index (κ2) is 3.53. The van der Waals surface area contributed by atoms with Crippen molar-refractivity contribution >= 4 is 7.12 Å². The maximum absolute atomic E-state index is 6.00. The lowest BCUT2D eigenvalue weighted by molar-refractivity contribution is 0.00578. The molecule has 0 aromatic heterocycles. The number of hydrogen-bond donors (Lipinski definition) is 1. The van der Waals surface area contributed by atoms with Gasteiger partial charge in [0.1, 0.15) is 0 Å². The van der Waals surface area contributed by atoms with E-state index in [0.717, 1.165) is 13.0 Å². The van der Waals surface area contributed by atoms with Gasteiger partial charge >= 0.3 is 7.12 Å². The Morgan fingerprint density at radius 2 is 1.80 bits per heavy atom. The van der Waals surface area contributed by atoms with Crippen LogP contribution in [-0.2, 0) is 9.31 Å². The molecular formula is C11H20BNO2. The SMILES string of the molecule is CC1(C)OB(C2C=CNCC2)OC1(C)C. The molecule has 0 spiro atoms. The third-order valence-electron chi connectivity index (χ3n) is 3.70. The quantitative estimate of drug-likeness (QED) is 0.669. The van der Waals surface area contributed by atoms with E-state index in [0.29, 0.717) is 5.82 Å². The Morgan fingerprint density at radius 1 is 1.20 bits per heavy atom. The topological polar surface area (TPSA) is 30.5 Å². The fraction of sp³-hybridized carbons (Fsp3) is 0.818. The summed E-state index contributed by atoms with van der Waals surface area (Å²) in [4.78, 5) is 0. The van der Waals surface area contributed by atoms with Crippen LogP contribution in [0.1, 0.15) is 34.1 Å². The standard InChI is InChI=1S/C11H20BNO2/c1-10(2)11(3,4)15-12(14-10)9-5-7-13-8-6-9/h5,7,9,13H,6,8H2,1-4H3. The first-order chi connectivity index (χ1) is 6.92. The van der Waals surface area contributed by atoms with Crippen LogP contribution in [-0.4, -0.2) is 24.9 Å². The van der Waals surface area contributed by atoms with Crippen molar-refractivity contribution in [3.63, 3.8) is 0 Å². The summed E-state index contributed by atoms with van der Waals surface area (Å²) >= 11 is 0. The smallest absolute Gasteiger partial charge is 0.403 e. The van der Waals surface area contributed by atoms with Crippen LogP contribution >= 0.6 is 0 Å². The van der Waals surface area contributed by atoms with Gasteiger partial charge in [0.15, 0.2) is 0 Å². The molecule has 2 heterocycles. The van der Waals surface area contributed by atoms with Crippen LogP contribution in [0.25, 0.3) is 0 Å². The number of rotatable bonds is 1. The molecule has 0 aromatic carbocycles. The van der Waals surface area contributed by atoms with Gasteiger partial charge in [0.25, 0.3) is 0 Å². The van der Waals surface area contributed by atoms with E-state index in [1.54, 1.807) is 0 Å². The van der Waals surface area contributed by atoms with Crippen LogP contribution in [0.3, 0.4) is 0 Å². The Balaban J connectivity index is 2.08. The van der Waals surface area contributed by atoms with Gasteiger partial charge in [-0.1, -0.05) is 6.08 Å². The molecule has 0 bridgehead atoms. The minimum atomic E-state index is -0.212. The second-order valence-corrected chi connectivity index (χ2v) is 5.39. The molecule has 0 radical (unpaired) electrons. The van der Waals surface area contributed by atoms with Crippen LogP contribution in [0.4, 0.5) is 0 Å². The van der Waals surface area contributed by atoms with E-state index in [2.05, 4.69) is 39.1 Å². The maximum Gasteiger partial charge on any atom is 0.465 e. The predicted molar refractivity (Wildman–Crippen MR) is 61.6 cm³/mol. The largest absolute Gasteiger partial charge is 0.465 e. The lowest BCUT2D eigenvalue weighted by Crippen LogP contribution is -2.41. The van der Waals surface area contributed by atoms with Crippen molar-refractivity contribution in [1.29, 1.82) is 0 Å². The molecule has 2 aliphatic rings. The Labute approximate surface area is 92.4 Å². The first kappa shape index (κ1) is 11.0. The van der Waals surface area contributed by atoms with Gasteiger partial charge in [0.05, 0.1) is 11.2 Å². The average molecular weight is 209 g/mol. The molecule has 0 saturated carbocycles. The van der Waals surface area contributed by atoms with E-state index in [1.165, 1.54) is 0 Å². The van der Waals surface area contributed by atoms with Crippen molar-refractivity contribution in [2.45, 2.75) is 51.1 Å². The third-order valence-corrected chi connectivity index (χ3v) is 3.70. The summed E-state index contributed by atoms with van der Waals surface area (Å²) in [7, 11) is -0.0895. The number of hydrogen-bond acceptors (Lipinski definition) is 3. The summed E-state index contributed by atoms with van der Waals surface area (Å²) in [5.41, 5.74) is -0.424.